The van der Waals surface area contributed by atoms with E-state index in [2.05, 4.69) is 16.0 Å². The van der Waals surface area contributed by atoms with Crippen LogP contribution in [0.2, 0.25) is 0 Å². The summed E-state index contributed by atoms with van der Waals surface area (Å²) in [6.45, 7) is 0. The number of benzene rings is 3. The summed E-state index contributed by atoms with van der Waals surface area (Å²) < 4.78 is 5.85. The zero-order valence-corrected chi connectivity index (χ0v) is 13.9. The molecule has 4 heteroatoms. The second kappa shape index (κ2) is 6.96. The molecule has 0 amide bonds. The first-order chi connectivity index (χ1) is 12.8. The molecule has 0 unspecified atom stereocenters. The maximum atomic E-state index is 9.56. The molecule has 4 nitrogen and oxygen atoms in total. The van der Waals surface area contributed by atoms with Crippen LogP contribution in [0.5, 0.6) is 11.5 Å². The number of ether oxygens (including phenoxy) is 1. The van der Waals surface area contributed by atoms with Crippen molar-refractivity contribution in [1.82, 2.24) is 9.97 Å². The molecule has 0 aliphatic rings. The van der Waals surface area contributed by atoms with E-state index in [1.54, 1.807) is 6.08 Å². The van der Waals surface area contributed by atoms with Crippen LogP contribution in [0.15, 0.2) is 78.9 Å². The van der Waals surface area contributed by atoms with Crippen molar-refractivity contribution in [2.75, 3.05) is 0 Å². The second-order valence-corrected chi connectivity index (χ2v) is 5.76. The Hall–Kier alpha value is -3.84. The minimum atomic E-state index is 0.470. The molecule has 3 aromatic carbocycles. The Balaban J connectivity index is 1.65. The maximum Gasteiger partial charge on any atom is 0.149 e. The van der Waals surface area contributed by atoms with Gasteiger partial charge in [-0.15, -0.1) is 0 Å². The monoisotopic (exact) mass is 337 g/mol. The molecule has 0 atom stereocenters. The number of fused-ring (bicyclic) bond motifs is 1. The van der Waals surface area contributed by atoms with Gasteiger partial charge in [0.1, 0.15) is 23.4 Å². The average molecular weight is 337 g/mol. The van der Waals surface area contributed by atoms with Crippen molar-refractivity contribution in [3.63, 3.8) is 0 Å². The number of rotatable bonds is 4. The molecule has 0 radical (unpaired) electrons. The van der Waals surface area contributed by atoms with Crippen LogP contribution >= 0.6 is 0 Å². The van der Waals surface area contributed by atoms with E-state index >= 15 is 0 Å². The predicted molar refractivity (Wildman–Crippen MR) is 103 cm³/mol. The quantitative estimate of drug-likeness (QED) is 0.506. The summed E-state index contributed by atoms with van der Waals surface area (Å²) in [5, 5.41) is 9.56. The lowest BCUT2D eigenvalue weighted by molar-refractivity contribution is 0.482. The summed E-state index contributed by atoms with van der Waals surface area (Å²) in [6, 6.07) is 27.1. The number of hydrogen-bond acceptors (Lipinski definition) is 3. The molecule has 0 fully saturated rings. The van der Waals surface area contributed by atoms with E-state index in [0.29, 0.717) is 17.1 Å². The average Bonchev–Trinajstić information content (AvgIpc) is 3.11. The molecule has 4 rings (SSSR count). The lowest BCUT2D eigenvalue weighted by atomic mass is 10.1. The minimum Gasteiger partial charge on any atom is -0.457 e. The van der Waals surface area contributed by atoms with Gasteiger partial charge in [-0.3, -0.25) is 0 Å². The molecular formula is C22H15N3O. The van der Waals surface area contributed by atoms with Crippen molar-refractivity contribution >= 4 is 22.7 Å². The summed E-state index contributed by atoms with van der Waals surface area (Å²) in [5.74, 6) is 2.04. The number of nitrogens with zero attached hydrogens (tertiary/aromatic N) is 2. The third-order valence-electron chi connectivity index (χ3n) is 3.91. The Morgan fingerprint density at radius 1 is 0.923 bits per heavy atom. The van der Waals surface area contributed by atoms with Gasteiger partial charge in [-0.05, 0) is 48.0 Å². The summed E-state index contributed by atoms with van der Waals surface area (Å²) in [5.41, 5.74) is 3.09. The van der Waals surface area contributed by atoms with Gasteiger partial charge >= 0.3 is 0 Å². The maximum absolute atomic E-state index is 9.56. The van der Waals surface area contributed by atoms with E-state index in [9.17, 15) is 5.26 Å². The van der Waals surface area contributed by atoms with Gasteiger partial charge in [0.25, 0.3) is 0 Å². The van der Waals surface area contributed by atoms with E-state index in [-0.39, 0.29) is 0 Å². The number of aromatic amines is 1. The van der Waals surface area contributed by atoms with E-state index in [4.69, 9.17) is 4.74 Å². The highest BCUT2D eigenvalue weighted by Crippen LogP contribution is 2.24. The number of H-pyrrole nitrogens is 1. The smallest absolute Gasteiger partial charge is 0.149 e. The first kappa shape index (κ1) is 15.7. The van der Waals surface area contributed by atoms with Gasteiger partial charge in [0.2, 0.25) is 0 Å². The molecule has 1 aromatic heterocycles. The Bertz CT molecular complexity index is 1090. The molecule has 0 spiro atoms. The lowest BCUT2D eigenvalue weighted by Crippen LogP contribution is -1.87. The highest BCUT2D eigenvalue weighted by Gasteiger charge is 2.08. The van der Waals surface area contributed by atoms with Gasteiger partial charge in [0.15, 0.2) is 0 Å². The fourth-order valence-corrected chi connectivity index (χ4v) is 2.69. The third kappa shape index (κ3) is 3.33. The molecule has 0 saturated heterocycles. The number of aromatic nitrogens is 2. The van der Waals surface area contributed by atoms with Crippen molar-refractivity contribution in [1.29, 1.82) is 5.26 Å². The number of allylic oxidation sites excluding steroid dienone is 1. The SMILES string of the molecule is N#CC(=Cc1cccc(Oc2ccccc2)c1)c1nc2ccccc2[nH]1. The number of imidazole rings is 1. The number of nitriles is 1. The van der Waals surface area contributed by atoms with Gasteiger partial charge in [0, 0.05) is 0 Å². The van der Waals surface area contributed by atoms with Crippen LogP contribution in [-0.4, -0.2) is 9.97 Å². The highest BCUT2D eigenvalue weighted by molar-refractivity contribution is 5.90. The summed E-state index contributed by atoms with van der Waals surface area (Å²) >= 11 is 0. The van der Waals surface area contributed by atoms with E-state index < -0.39 is 0 Å². The van der Waals surface area contributed by atoms with E-state index in [1.165, 1.54) is 0 Å². The van der Waals surface area contributed by atoms with Gasteiger partial charge in [-0.1, -0.05) is 42.5 Å². The van der Waals surface area contributed by atoms with Crippen LogP contribution in [0, 0.1) is 11.3 Å². The summed E-state index contributed by atoms with van der Waals surface area (Å²) in [6.07, 6.45) is 1.80. The normalized spacial score (nSPS) is 11.3. The molecule has 4 aromatic rings. The van der Waals surface area contributed by atoms with Gasteiger partial charge in [0.05, 0.1) is 16.6 Å². The Morgan fingerprint density at radius 2 is 1.69 bits per heavy atom. The largest absolute Gasteiger partial charge is 0.457 e. The predicted octanol–water partition coefficient (Wildman–Crippen LogP) is 5.42. The molecule has 1 heterocycles. The van der Waals surface area contributed by atoms with Gasteiger partial charge in [-0.25, -0.2) is 4.98 Å². The van der Waals surface area contributed by atoms with Gasteiger partial charge in [-0.2, -0.15) is 5.26 Å². The fourth-order valence-electron chi connectivity index (χ4n) is 2.69. The molecule has 0 saturated carbocycles. The molecule has 0 aliphatic carbocycles. The van der Waals surface area contributed by atoms with Crippen LogP contribution in [0.4, 0.5) is 0 Å². The first-order valence-corrected chi connectivity index (χ1v) is 8.22. The Morgan fingerprint density at radius 3 is 2.50 bits per heavy atom. The molecule has 0 aliphatic heterocycles. The lowest BCUT2D eigenvalue weighted by Gasteiger charge is -2.06. The first-order valence-electron chi connectivity index (χ1n) is 8.22. The molecule has 1 N–H and O–H groups in total. The standard InChI is InChI=1S/C22H15N3O/c23-15-17(22-24-20-11-4-5-12-21(20)25-22)13-16-7-6-10-19(14-16)26-18-8-2-1-3-9-18/h1-14H,(H,24,25). The minimum absolute atomic E-state index is 0.470. The molecule has 26 heavy (non-hydrogen) atoms. The number of para-hydroxylation sites is 3. The van der Waals surface area contributed by atoms with E-state index in [0.717, 1.165) is 22.3 Å². The van der Waals surface area contributed by atoms with Crippen molar-refractivity contribution < 1.29 is 4.74 Å². The van der Waals surface area contributed by atoms with Crippen LogP contribution < -0.4 is 4.74 Å². The fraction of sp³-hybridized carbons (Fsp3) is 0. The van der Waals surface area contributed by atoms with Crippen molar-refractivity contribution in [3.05, 3.63) is 90.3 Å². The summed E-state index contributed by atoms with van der Waals surface area (Å²) in [7, 11) is 0. The van der Waals surface area contributed by atoms with Crippen molar-refractivity contribution in [3.8, 4) is 17.6 Å². The highest BCUT2D eigenvalue weighted by atomic mass is 16.5. The van der Waals surface area contributed by atoms with Crippen LogP contribution in [0.1, 0.15) is 11.4 Å². The van der Waals surface area contributed by atoms with Crippen LogP contribution in [-0.2, 0) is 0 Å². The summed E-state index contributed by atoms with van der Waals surface area (Å²) in [4.78, 5) is 7.68. The Labute approximate surface area is 151 Å². The van der Waals surface area contributed by atoms with E-state index in [1.807, 2.05) is 78.9 Å². The Kier molecular flexibility index (Phi) is 4.19. The van der Waals surface area contributed by atoms with Gasteiger partial charge < -0.3 is 9.72 Å². The second-order valence-electron chi connectivity index (χ2n) is 5.76. The van der Waals surface area contributed by atoms with Crippen molar-refractivity contribution in [2.24, 2.45) is 0 Å². The van der Waals surface area contributed by atoms with Crippen molar-refractivity contribution in [2.45, 2.75) is 0 Å². The number of hydrogen-bond donors (Lipinski definition) is 1. The molecule has 124 valence electrons. The van der Waals surface area contributed by atoms with Crippen LogP contribution in [0.25, 0.3) is 22.7 Å². The van der Waals surface area contributed by atoms with Crippen LogP contribution in [0.3, 0.4) is 0 Å². The molecular weight excluding hydrogens is 322 g/mol. The zero-order chi connectivity index (χ0) is 17.8. The molecule has 0 bridgehead atoms. The topological polar surface area (TPSA) is 61.7 Å². The number of nitrogens with one attached hydrogen (secondary N) is 1. The third-order valence-corrected chi connectivity index (χ3v) is 3.91. The zero-order valence-electron chi connectivity index (χ0n) is 13.9.